The smallest absolute Gasteiger partial charge is 0.164 e. The van der Waals surface area contributed by atoms with Crippen molar-refractivity contribution < 1.29 is 9.13 Å². The molecule has 0 aliphatic carbocycles. The van der Waals surface area contributed by atoms with Crippen LogP contribution >= 0.6 is 0 Å². The van der Waals surface area contributed by atoms with E-state index < -0.39 is 5.82 Å². The van der Waals surface area contributed by atoms with Crippen molar-refractivity contribution in [3.63, 3.8) is 0 Å². The van der Waals surface area contributed by atoms with Gasteiger partial charge in [-0.2, -0.15) is 5.10 Å². The topological polar surface area (TPSA) is 66.0 Å². The van der Waals surface area contributed by atoms with Gasteiger partial charge in [0.05, 0.1) is 12.1 Å². The lowest BCUT2D eigenvalue weighted by molar-refractivity contribution is 0.286. The second-order valence-corrected chi connectivity index (χ2v) is 3.93. The fourth-order valence-corrected chi connectivity index (χ4v) is 1.65. The van der Waals surface area contributed by atoms with Crippen molar-refractivity contribution in [3.8, 4) is 17.6 Å². The largest absolute Gasteiger partial charge is 0.486 e. The fourth-order valence-electron chi connectivity index (χ4n) is 1.65. The Morgan fingerprint density at radius 1 is 1.45 bits per heavy atom. The van der Waals surface area contributed by atoms with E-state index in [0.29, 0.717) is 23.7 Å². The summed E-state index contributed by atoms with van der Waals surface area (Å²) in [7, 11) is 0. The molecule has 0 aliphatic heterocycles. The number of halogens is 1. The molecular weight excluding hydrogens is 259 g/mol. The van der Waals surface area contributed by atoms with Gasteiger partial charge in [-0.05, 0) is 19.1 Å². The van der Waals surface area contributed by atoms with Crippen molar-refractivity contribution in [2.75, 3.05) is 6.54 Å². The lowest BCUT2D eigenvalue weighted by Gasteiger charge is -2.07. The van der Waals surface area contributed by atoms with Gasteiger partial charge in [-0.1, -0.05) is 11.8 Å². The van der Waals surface area contributed by atoms with E-state index in [2.05, 4.69) is 21.9 Å². The van der Waals surface area contributed by atoms with Gasteiger partial charge < -0.3 is 10.5 Å². The molecule has 5 nitrogen and oxygen atoms in total. The summed E-state index contributed by atoms with van der Waals surface area (Å²) in [6, 6.07) is 4.53. The average Bonchev–Trinajstić information content (AvgIpc) is 2.91. The molecule has 0 spiro atoms. The van der Waals surface area contributed by atoms with Crippen LogP contribution in [0.2, 0.25) is 0 Å². The van der Waals surface area contributed by atoms with Crippen LogP contribution in [0.4, 0.5) is 4.39 Å². The summed E-state index contributed by atoms with van der Waals surface area (Å²) in [4.78, 5) is 4.08. The molecule has 20 heavy (non-hydrogen) atoms. The van der Waals surface area contributed by atoms with Gasteiger partial charge in [-0.3, -0.25) is 0 Å². The zero-order valence-corrected chi connectivity index (χ0v) is 11.1. The predicted molar refractivity (Wildman–Crippen MR) is 72.4 cm³/mol. The third-order valence-electron chi connectivity index (χ3n) is 2.63. The van der Waals surface area contributed by atoms with Gasteiger partial charge in [0.1, 0.15) is 24.5 Å². The van der Waals surface area contributed by atoms with Crippen LogP contribution in [-0.2, 0) is 13.2 Å². The Bertz CT molecular complexity index is 642. The number of aromatic nitrogens is 3. The van der Waals surface area contributed by atoms with E-state index >= 15 is 0 Å². The minimum absolute atomic E-state index is 0.199. The molecule has 2 N–H and O–H groups in total. The Balaban J connectivity index is 2.05. The quantitative estimate of drug-likeness (QED) is 0.854. The zero-order chi connectivity index (χ0) is 14.4. The second-order valence-electron chi connectivity index (χ2n) is 3.93. The van der Waals surface area contributed by atoms with Gasteiger partial charge in [0.2, 0.25) is 0 Å². The van der Waals surface area contributed by atoms with Crippen molar-refractivity contribution in [1.82, 2.24) is 14.8 Å². The SMILES string of the molecule is CCn1ncnc1COc1ccc(C#CCN)c(F)c1. The van der Waals surface area contributed by atoms with Gasteiger partial charge >= 0.3 is 0 Å². The number of hydrogen-bond donors (Lipinski definition) is 1. The molecular formula is C14H15FN4O. The highest BCUT2D eigenvalue weighted by Gasteiger charge is 2.06. The predicted octanol–water partition coefficient (Wildman–Crippen LogP) is 1.33. The lowest BCUT2D eigenvalue weighted by atomic mass is 10.2. The molecule has 0 bridgehead atoms. The summed E-state index contributed by atoms with van der Waals surface area (Å²) in [5.41, 5.74) is 5.55. The van der Waals surface area contributed by atoms with Crippen molar-refractivity contribution >= 4 is 0 Å². The molecule has 0 atom stereocenters. The van der Waals surface area contributed by atoms with E-state index in [0.717, 1.165) is 0 Å². The Morgan fingerprint density at radius 2 is 2.30 bits per heavy atom. The maximum atomic E-state index is 13.7. The Hall–Kier alpha value is -2.39. The van der Waals surface area contributed by atoms with Gasteiger partial charge in [0.25, 0.3) is 0 Å². The van der Waals surface area contributed by atoms with Crippen molar-refractivity contribution in [2.24, 2.45) is 5.73 Å². The summed E-state index contributed by atoms with van der Waals surface area (Å²) in [5.74, 6) is 5.95. The second kappa shape index (κ2) is 6.68. The highest BCUT2D eigenvalue weighted by Crippen LogP contribution is 2.17. The molecule has 0 aliphatic rings. The van der Waals surface area contributed by atoms with Crippen molar-refractivity contribution in [1.29, 1.82) is 0 Å². The fraction of sp³-hybridized carbons (Fsp3) is 0.286. The number of nitrogens with two attached hydrogens (primary N) is 1. The first-order valence-corrected chi connectivity index (χ1v) is 6.22. The van der Waals surface area contributed by atoms with Crippen molar-refractivity contribution in [3.05, 3.63) is 41.7 Å². The van der Waals surface area contributed by atoms with Crippen LogP contribution in [0.15, 0.2) is 24.5 Å². The van der Waals surface area contributed by atoms with Crippen LogP contribution in [-0.4, -0.2) is 21.3 Å². The minimum atomic E-state index is -0.430. The van der Waals surface area contributed by atoms with Crippen LogP contribution < -0.4 is 10.5 Å². The molecule has 2 aromatic rings. The normalized spacial score (nSPS) is 9.95. The summed E-state index contributed by atoms with van der Waals surface area (Å²) in [6.07, 6.45) is 1.47. The van der Waals surface area contributed by atoms with Crippen LogP contribution in [0.3, 0.4) is 0 Å². The molecule has 6 heteroatoms. The molecule has 0 radical (unpaired) electrons. The molecule has 0 saturated carbocycles. The van der Waals surface area contributed by atoms with E-state index in [1.165, 1.54) is 12.4 Å². The van der Waals surface area contributed by atoms with E-state index in [1.807, 2.05) is 6.92 Å². The maximum Gasteiger partial charge on any atom is 0.164 e. The molecule has 1 heterocycles. The van der Waals surface area contributed by atoms with Gasteiger partial charge in [0.15, 0.2) is 5.82 Å². The first-order chi connectivity index (χ1) is 9.74. The highest BCUT2D eigenvalue weighted by atomic mass is 19.1. The molecule has 2 rings (SSSR count). The average molecular weight is 274 g/mol. The van der Waals surface area contributed by atoms with Crippen LogP contribution in [0.1, 0.15) is 18.3 Å². The third-order valence-corrected chi connectivity index (χ3v) is 2.63. The molecule has 1 aromatic carbocycles. The van der Waals surface area contributed by atoms with E-state index in [4.69, 9.17) is 10.5 Å². The third kappa shape index (κ3) is 3.33. The maximum absolute atomic E-state index is 13.7. The minimum Gasteiger partial charge on any atom is -0.486 e. The summed E-state index contributed by atoms with van der Waals surface area (Å²) >= 11 is 0. The number of ether oxygens (including phenoxy) is 1. The Kier molecular flexibility index (Phi) is 4.69. The molecule has 1 aromatic heterocycles. The standard InChI is InChI=1S/C14H15FN4O/c1-2-19-14(17-10-18-19)9-20-12-6-5-11(4-3-7-16)13(15)8-12/h5-6,8,10H,2,7,9,16H2,1H3. The highest BCUT2D eigenvalue weighted by molar-refractivity contribution is 5.39. The molecule has 0 saturated heterocycles. The van der Waals surface area contributed by atoms with Crippen LogP contribution in [0, 0.1) is 17.7 Å². The van der Waals surface area contributed by atoms with Crippen molar-refractivity contribution in [2.45, 2.75) is 20.1 Å². The molecule has 0 unspecified atom stereocenters. The molecule has 0 amide bonds. The zero-order valence-electron chi connectivity index (χ0n) is 11.1. The number of nitrogens with zero attached hydrogens (tertiary/aromatic N) is 3. The summed E-state index contributed by atoms with van der Waals surface area (Å²) in [6.45, 7) is 3.11. The number of hydrogen-bond acceptors (Lipinski definition) is 4. The van der Waals surface area contributed by atoms with E-state index in [-0.39, 0.29) is 13.2 Å². The van der Waals surface area contributed by atoms with Gasteiger partial charge in [0, 0.05) is 12.6 Å². The summed E-state index contributed by atoms with van der Waals surface area (Å²) < 4.78 is 20.9. The van der Waals surface area contributed by atoms with E-state index in [9.17, 15) is 4.39 Å². The first-order valence-electron chi connectivity index (χ1n) is 6.22. The number of rotatable bonds is 4. The monoisotopic (exact) mass is 274 g/mol. The van der Waals surface area contributed by atoms with Crippen LogP contribution in [0.5, 0.6) is 5.75 Å². The van der Waals surface area contributed by atoms with Gasteiger partial charge in [-0.25, -0.2) is 14.1 Å². The number of aryl methyl sites for hydroxylation is 1. The molecule has 104 valence electrons. The lowest BCUT2D eigenvalue weighted by Crippen LogP contribution is -2.07. The van der Waals surface area contributed by atoms with Crippen LogP contribution in [0.25, 0.3) is 0 Å². The number of benzene rings is 1. The summed E-state index contributed by atoms with van der Waals surface area (Å²) in [5, 5.41) is 4.03. The molecule has 0 fully saturated rings. The Morgan fingerprint density at radius 3 is 3.00 bits per heavy atom. The first kappa shape index (κ1) is 14.0. The Labute approximate surface area is 116 Å². The van der Waals surface area contributed by atoms with Gasteiger partial charge in [-0.15, -0.1) is 0 Å². The van der Waals surface area contributed by atoms with E-state index in [1.54, 1.807) is 16.8 Å².